The van der Waals surface area contributed by atoms with E-state index in [9.17, 15) is 18.0 Å². The lowest BCUT2D eigenvalue weighted by Gasteiger charge is -2.34. The monoisotopic (exact) mass is 635 g/mol. The minimum absolute atomic E-state index is 0.0137. The largest absolute Gasteiger partial charge is 0.352 e. The zero-order valence-electron chi connectivity index (χ0n) is 22.6. The van der Waals surface area contributed by atoms with Gasteiger partial charge >= 0.3 is 0 Å². The van der Waals surface area contributed by atoms with Crippen LogP contribution in [0.1, 0.15) is 44.6 Å². The smallest absolute Gasteiger partial charge is 0.264 e. The Bertz CT molecular complexity index is 1480. The second kappa shape index (κ2) is 13.9. The number of nitrogens with zero attached hydrogens (tertiary/aromatic N) is 2. The molecule has 3 aromatic carbocycles. The summed E-state index contributed by atoms with van der Waals surface area (Å²) in [6.45, 7) is 1.24. The summed E-state index contributed by atoms with van der Waals surface area (Å²) in [6.07, 6.45) is 4.17. The Balaban J connectivity index is 1.73. The lowest BCUT2D eigenvalue weighted by molar-refractivity contribution is -0.140. The second-order valence-corrected chi connectivity index (χ2v) is 13.1. The fraction of sp³-hybridized carbons (Fsp3) is 0.333. The number of hydrogen-bond donors (Lipinski definition) is 1. The van der Waals surface area contributed by atoms with Gasteiger partial charge in [-0.25, -0.2) is 8.42 Å². The summed E-state index contributed by atoms with van der Waals surface area (Å²) in [6, 6.07) is 18.3. The van der Waals surface area contributed by atoms with Crippen LogP contribution in [-0.4, -0.2) is 43.8 Å². The highest BCUT2D eigenvalue weighted by Gasteiger charge is 2.34. The molecule has 0 radical (unpaired) electrons. The number of benzene rings is 3. The van der Waals surface area contributed by atoms with Crippen LogP contribution in [0.15, 0.2) is 77.7 Å². The summed E-state index contributed by atoms with van der Waals surface area (Å²) < 4.78 is 28.7. The number of carbonyl (C=O) groups is 2. The third kappa shape index (κ3) is 7.74. The van der Waals surface area contributed by atoms with Gasteiger partial charge in [-0.1, -0.05) is 84.9 Å². The Morgan fingerprint density at radius 3 is 2.24 bits per heavy atom. The van der Waals surface area contributed by atoms with Gasteiger partial charge in [-0.05, 0) is 67.3 Å². The van der Waals surface area contributed by atoms with Crippen molar-refractivity contribution < 1.29 is 18.0 Å². The van der Waals surface area contributed by atoms with E-state index in [0.717, 1.165) is 30.0 Å². The molecule has 1 aliphatic rings. The standard InChI is InChI=1S/C30H32Cl3N3O4S/c1-2-28(30(38)34-24-10-6-7-11-24)35(19-21-15-16-23(32)18-27(21)33)29(37)20-36(25-12-8-9-22(31)17-25)41(39,40)26-13-4-3-5-14-26/h3-5,8-9,12-18,24,28H,2,6-7,10-11,19-20H2,1H3,(H,34,38)/t28-/m1/s1. The van der Waals surface area contributed by atoms with Crippen molar-refractivity contribution in [3.8, 4) is 0 Å². The van der Waals surface area contributed by atoms with E-state index < -0.39 is 28.5 Å². The number of amides is 2. The average molecular weight is 637 g/mol. The van der Waals surface area contributed by atoms with Crippen LogP contribution in [0, 0.1) is 0 Å². The fourth-order valence-corrected chi connectivity index (χ4v) is 7.08. The number of carbonyl (C=O) groups excluding carboxylic acids is 2. The topological polar surface area (TPSA) is 86.8 Å². The van der Waals surface area contributed by atoms with E-state index in [0.29, 0.717) is 27.1 Å². The lowest BCUT2D eigenvalue weighted by atomic mass is 10.1. The summed E-state index contributed by atoms with van der Waals surface area (Å²) in [7, 11) is -4.17. The maximum Gasteiger partial charge on any atom is 0.264 e. The molecule has 0 saturated heterocycles. The van der Waals surface area contributed by atoms with E-state index in [2.05, 4.69) is 5.32 Å². The van der Waals surface area contributed by atoms with Crippen molar-refractivity contribution >= 4 is 62.3 Å². The summed E-state index contributed by atoms with van der Waals surface area (Å²) >= 11 is 18.8. The maximum absolute atomic E-state index is 14.2. The first-order valence-electron chi connectivity index (χ1n) is 13.5. The molecule has 1 N–H and O–H groups in total. The third-order valence-corrected chi connectivity index (χ3v) is 9.76. The molecule has 2 amide bonds. The van der Waals surface area contributed by atoms with Crippen LogP contribution in [0.2, 0.25) is 15.1 Å². The molecule has 41 heavy (non-hydrogen) atoms. The first kappa shape index (κ1) is 31.2. The molecular weight excluding hydrogens is 605 g/mol. The molecule has 0 unspecified atom stereocenters. The zero-order chi connectivity index (χ0) is 29.6. The Morgan fingerprint density at radius 1 is 0.927 bits per heavy atom. The predicted molar refractivity (Wildman–Crippen MR) is 164 cm³/mol. The molecule has 3 aromatic rings. The Morgan fingerprint density at radius 2 is 1.61 bits per heavy atom. The fourth-order valence-electron chi connectivity index (χ4n) is 5.00. The van der Waals surface area contributed by atoms with Crippen molar-refractivity contribution in [3.63, 3.8) is 0 Å². The van der Waals surface area contributed by atoms with E-state index in [-0.39, 0.29) is 29.1 Å². The summed E-state index contributed by atoms with van der Waals surface area (Å²) in [5.41, 5.74) is 0.805. The van der Waals surface area contributed by atoms with Crippen LogP contribution in [0.4, 0.5) is 5.69 Å². The molecule has 1 atom stereocenters. The van der Waals surface area contributed by atoms with E-state index in [4.69, 9.17) is 34.8 Å². The molecule has 0 aromatic heterocycles. The molecule has 4 rings (SSSR count). The Hall–Kier alpha value is -2.78. The highest BCUT2D eigenvalue weighted by molar-refractivity contribution is 7.92. The average Bonchev–Trinajstić information content (AvgIpc) is 3.46. The molecule has 11 heteroatoms. The maximum atomic E-state index is 14.2. The molecule has 1 aliphatic carbocycles. The van der Waals surface area contributed by atoms with Gasteiger partial charge in [0.2, 0.25) is 11.8 Å². The van der Waals surface area contributed by atoms with Crippen LogP contribution in [-0.2, 0) is 26.2 Å². The van der Waals surface area contributed by atoms with Crippen molar-refractivity contribution in [2.75, 3.05) is 10.8 Å². The van der Waals surface area contributed by atoms with Gasteiger partial charge in [0.15, 0.2) is 0 Å². The molecule has 7 nitrogen and oxygen atoms in total. The van der Waals surface area contributed by atoms with Crippen LogP contribution in [0.5, 0.6) is 0 Å². The second-order valence-electron chi connectivity index (χ2n) is 9.98. The number of hydrogen-bond acceptors (Lipinski definition) is 4. The van der Waals surface area contributed by atoms with E-state index >= 15 is 0 Å². The van der Waals surface area contributed by atoms with Crippen molar-refractivity contribution in [2.45, 2.75) is 62.6 Å². The number of rotatable bonds is 11. The number of halogens is 3. The molecule has 1 saturated carbocycles. The quantitative estimate of drug-likeness (QED) is 0.254. The zero-order valence-corrected chi connectivity index (χ0v) is 25.7. The van der Waals surface area contributed by atoms with Gasteiger partial charge in [0.25, 0.3) is 10.0 Å². The molecule has 0 spiro atoms. The van der Waals surface area contributed by atoms with Gasteiger partial charge < -0.3 is 10.2 Å². The van der Waals surface area contributed by atoms with E-state index in [1.54, 1.807) is 54.6 Å². The Kier molecular flexibility index (Phi) is 10.6. The van der Waals surface area contributed by atoms with Gasteiger partial charge in [-0.15, -0.1) is 0 Å². The first-order chi connectivity index (χ1) is 19.6. The highest BCUT2D eigenvalue weighted by Crippen LogP contribution is 2.28. The lowest BCUT2D eigenvalue weighted by Crippen LogP contribution is -2.53. The van der Waals surface area contributed by atoms with Crippen LogP contribution >= 0.6 is 34.8 Å². The molecule has 0 bridgehead atoms. The van der Waals surface area contributed by atoms with Crippen molar-refractivity contribution in [1.29, 1.82) is 0 Å². The van der Waals surface area contributed by atoms with Gasteiger partial charge in [0.1, 0.15) is 12.6 Å². The van der Waals surface area contributed by atoms with Crippen LogP contribution in [0.3, 0.4) is 0 Å². The van der Waals surface area contributed by atoms with Crippen molar-refractivity contribution in [3.05, 3.63) is 93.4 Å². The van der Waals surface area contributed by atoms with Crippen LogP contribution < -0.4 is 9.62 Å². The van der Waals surface area contributed by atoms with E-state index in [1.807, 2.05) is 6.92 Å². The number of nitrogens with one attached hydrogen (secondary N) is 1. The van der Waals surface area contributed by atoms with E-state index in [1.165, 1.54) is 23.1 Å². The van der Waals surface area contributed by atoms with Crippen molar-refractivity contribution in [2.24, 2.45) is 0 Å². The van der Waals surface area contributed by atoms with Crippen LogP contribution in [0.25, 0.3) is 0 Å². The number of sulfonamides is 1. The van der Waals surface area contributed by atoms with Gasteiger partial charge in [-0.3, -0.25) is 13.9 Å². The molecule has 0 aliphatic heterocycles. The summed E-state index contributed by atoms with van der Waals surface area (Å²) in [5.74, 6) is -0.845. The highest BCUT2D eigenvalue weighted by atomic mass is 35.5. The number of anilines is 1. The molecule has 218 valence electrons. The Labute approximate surface area is 256 Å². The van der Waals surface area contributed by atoms with Gasteiger partial charge in [0.05, 0.1) is 10.6 Å². The van der Waals surface area contributed by atoms with Gasteiger partial charge in [0, 0.05) is 27.7 Å². The van der Waals surface area contributed by atoms with Crippen molar-refractivity contribution in [1.82, 2.24) is 10.2 Å². The SMILES string of the molecule is CC[C@H](C(=O)NC1CCCC1)N(Cc1ccc(Cl)cc1Cl)C(=O)CN(c1cccc(Cl)c1)S(=O)(=O)c1ccccc1. The molecule has 0 heterocycles. The van der Waals surface area contributed by atoms with Gasteiger partial charge in [-0.2, -0.15) is 0 Å². The minimum atomic E-state index is -4.17. The third-order valence-electron chi connectivity index (χ3n) is 7.15. The first-order valence-corrected chi connectivity index (χ1v) is 16.0. The summed E-state index contributed by atoms with van der Waals surface area (Å²) in [4.78, 5) is 29.1. The predicted octanol–water partition coefficient (Wildman–Crippen LogP) is 6.71. The summed E-state index contributed by atoms with van der Waals surface area (Å²) in [5, 5.41) is 4.17. The molecule has 1 fully saturated rings. The minimum Gasteiger partial charge on any atom is -0.352 e. The molecular formula is C30H32Cl3N3O4S. The normalized spacial score (nSPS) is 14.4.